The third kappa shape index (κ3) is 4.51. The van der Waals surface area contributed by atoms with Crippen LogP contribution in [-0.2, 0) is 0 Å². The second kappa shape index (κ2) is 9.01. The number of anilines is 3. The second-order valence-electron chi connectivity index (χ2n) is 7.68. The van der Waals surface area contributed by atoms with Crippen molar-refractivity contribution in [2.45, 2.75) is 26.8 Å². The summed E-state index contributed by atoms with van der Waals surface area (Å²) in [5.74, 6) is 0.00446. The van der Waals surface area contributed by atoms with Crippen molar-refractivity contribution in [3.8, 4) is 5.69 Å². The Kier molecular flexibility index (Phi) is 5.98. The Morgan fingerprint density at radius 1 is 0.938 bits per heavy atom. The lowest BCUT2D eigenvalue weighted by Crippen LogP contribution is -2.37. The number of hydrogen-bond donors (Lipinski definition) is 1. The first kappa shape index (κ1) is 21.2. The molecule has 0 saturated heterocycles. The first-order valence-electron chi connectivity index (χ1n) is 10.4. The summed E-state index contributed by atoms with van der Waals surface area (Å²) in [7, 11) is 0. The fourth-order valence-corrected chi connectivity index (χ4v) is 3.46. The first-order valence-corrected chi connectivity index (χ1v) is 10.4. The average Bonchev–Trinajstić information content (AvgIpc) is 3.18. The zero-order valence-electron chi connectivity index (χ0n) is 18.2. The van der Waals surface area contributed by atoms with Crippen molar-refractivity contribution in [2.75, 3.05) is 10.2 Å². The van der Waals surface area contributed by atoms with E-state index in [1.807, 2.05) is 68.4 Å². The maximum Gasteiger partial charge on any atom is 0.298 e. The summed E-state index contributed by atoms with van der Waals surface area (Å²) in [6.07, 6.45) is 0. The van der Waals surface area contributed by atoms with E-state index in [1.54, 1.807) is 24.0 Å². The predicted molar refractivity (Wildman–Crippen MR) is 124 cm³/mol. The standard InChI is InChI=1S/C25H24FN5O/c1-17(2)30(22-15-11-21(12-16-22)28-20-7-5-4-6-8-20)25(32)24-27-18(3)31(29-24)23-13-9-19(26)10-14-23/h4-17,28H,1-3H3. The summed E-state index contributed by atoms with van der Waals surface area (Å²) in [5, 5.41) is 7.73. The summed E-state index contributed by atoms with van der Waals surface area (Å²) >= 11 is 0. The van der Waals surface area contributed by atoms with Gasteiger partial charge in [-0.15, -0.1) is 5.10 Å². The Morgan fingerprint density at radius 3 is 2.19 bits per heavy atom. The average molecular weight is 429 g/mol. The molecule has 4 aromatic rings. The van der Waals surface area contributed by atoms with Gasteiger partial charge in [0.2, 0.25) is 5.82 Å². The summed E-state index contributed by atoms with van der Waals surface area (Å²) in [4.78, 5) is 19.4. The topological polar surface area (TPSA) is 63.1 Å². The number of hydrogen-bond acceptors (Lipinski definition) is 4. The van der Waals surface area contributed by atoms with Crippen LogP contribution < -0.4 is 10.2 Å². The highest BCUT2D eigenvalue weighted by Gasteiger charge is 2.25. The highest BCUT2D eigenvalue weighted by Crippen LogP contribution is 2.24. The molecule has 0 atom stereocenters. The molecule has 0 aliphatic rings. The van der Waals surface area contributed by atoms with Crippen molar-refractivity contribution in [1.82, 2.24) is 14.8 Å². The molecule has 1 amide bonds. The molecule has 1 heterocycles. The SMILES string of the molecule is Cc1nc(C(=O)N(c2ccc(Nc3ccccc3)cc2)C(C)C)nn1-c1ccc(F)cc1. The van der Waals surface area contributed by atoms with Gasteiger partial charge in [0, 0.05) is 23.1 Å². The molecule has 0 fully saturated rings. The molecule has 32 heavy (non-hydrogen) atoms. The quantitative estimate of drug-likeness (QED) is 0.439. The van der Waals surface area contributed by atoms with Crippen molar-refractivity contribution in [1.29, 1.82) is 0 Å². The normalized spacial score (nSPS) is 10.9. The summed E-state index contributed by atoms with van der Waals surface area (Å²) in [6, 6.07) is 23.3. The van der Waals surface area contributed by atoms with Crippen molar-refractivity contribution in [3.63, 3.8) is 0 Å². The Morgan fingerprint density at radius 2 is 1.56 bits per heavy atom. The van der Waals surface area contributed by atoms with Gasteiger partial charge >= 0.3 is 0 Å². The lowest BCUT2D eigenvalue weighted by atomic mass is 10.2. The van der Waals surface area contributed by atoms with Crippen LogP contribution in [0.25, 0.3) is 5.69 Å². The molecule has 0 unspecified atom stereocenters. The van der Waals surface area contributed by atoms with Crippen molar-refractivity contribution in [3.05, 3.63) is 96.3 Å². The molecule has 6 nitrogen and oxygen atoms in total. The van der Waals surface area contributed by atoms with E-state index in [9.17, 15) is 9.18 Å². The number of aromatic nitrogens is 3. The van der Waals surface area contributed by atoms with E-state index >= 15 is 0 Å². The van der Waals surface area contributed by atoms with Gasteiger partial charge in [-0.05, 0) is 81.4 Å². The minimum Gasteiger partial charge on any atom is -0.356 e. The zero-order valence-corrected chi connectivity index (χ0v) is 18.2. The number of nitrogens with one attached hydrogen (secondary N) is 1. The third-order valence-corrected chi connectivity index (χ3v) is 4.97. The monoisotopic (exact) mass is 429 g/mol. The molecular formula is C25H24FN5O. The Balaban J connectivity index is 1.58. The summed E-state index contributed by atoms with van der Waals surface area (Å²) in [5.41, 5.74) is 3.30. The van der Waals surface area contributed by atoms with E-state index in [4.69, 9.17) is 0 Å². The van der Waals surface area contributed by atoms with E-state index in [1.165, 1.54) is 16.8 Å². The van der Waals surface area contributed by atoms with Gasteiger partial charge in [-0.2, -0.15) is 0 Å². The summed E-state index contributed by atoms with van der Waals surface area (Å²) < 4.78 is 14.8. The molecule has 162 valence electrons. The fraction of sp³-hybridized carbons (Fsp3) is 0.160. The number of halogens is 1. The van der Waals surface area contributed by atoms with E-state index in [2.05, 4.69) is 15.4 Å². The molecule has 0 saturated carbocycles. The number of rotatable bonds is 6. The molecule has 0 radical (unpaired) electrons. The van der Waals surface area contributed by atoms with Crippen LogP contribution >= 0.6 is 0 Å². The smallest absolute Gasteiger partial charge is 0.298 e. The van der Waals surface area contributed by atoms with Gasteiger partial charge in [0.05, 0.1) is 5.69 Å². The zero-order chi connectivity index (χ0) is 22.7. The molecule has 0 aliphatic carbocycles. The third-order valence-electron chi connectivity index (χ3n) is 4.97. The van der Waals surface area contributed by atoms with Crippen LogP contribution in [0.5, 0.6) is 0 Å². The van der Waals surface area contributed by atoms with E-state index in [0.29, 0.717) is 11.5 Å². The molecule has 4 rings (SSSR count). The van der Waals surface area contributed by atoms with Gasteiger partial charge in [-0.1, -0.05) is 18.2 Å². The van der Waals surface area contributed by atoms with Gasteiger partial charge in [-0.25, -0.2) is 14.1 Å². The molecular weight excluding hydrogens is 405 g/mol. The molecule has 0 spiro atoms. The number of nitrogens with zero attached hydrogens (tertiary/aromatic N) is 4. The van der Waals surface area contributed by atoms with Gasteiger partial charge in [0.1, 0.15) is 11.6 Å². The van der Waals surface area contributed by atoms with Gasteiger partial charge in [0.15, 0.2) is 0 Å². The molecule has 1 aromatic heterocycles. The molecule has 7 heteroatoms. The lowest BCUT2D eigenvalue weighted by Gasteiger charge is -2.26. The largest absolute Gasteiger partial charge is 0.356 e. The molecule has 1 N–H and O–H groups in total. The molecule has 3 aromatic carbocycles. The molecule has 0 aliphatic heterocycles. The van der Waals surface area contributed by atoms with E-state index in [-0.39, 0.29) is 23.6 Å². The minimum atomic E-state index is -0.334. The van der Waals surface area contributed by atoms with Gasteiger partial charge in [0.25, 0.3) is 5.91 Å². The number of benzene rings is 3. The number of para-hydroxylation sites is 1. The van der Waals surface area contributed by atoms with Crippen molar-refractivity contribution >= 4 is 23.0 Å². The van der Waals surface area contributed by atoms with Crippen LogP contribution in [0.15, 0.2) is 78.9 Å². The molecule has 0 bridgehead atoms. The van der Waals surface area contributed by atoms with E-state index in [0.717, 1.165) is 17.1 Å². The number of carbonyl (C=O) groups is 1. The van der Waals surface area contributed by atoms with Crippen molar-refractivity contribution < 1.29 is 9.18 Å². The van der Waals surface area contributed by atoms with Crippen molar-refractivity contribution in [2.24, 2.45) is 0 Å². The number of amides is 1. The first-order chi connectivity index (χ1) is 15.4. The van der Waals surface area contributed by atoms with Crippen LogP contribution in [0.4, 0.5) is 21.5 Å². The minimum absolute atomic E-state index is 0.0898. The van der Waals surface area contributed by atoms with Crippen LogP contribution in [0.1, 0.15) is 30.3 Å². The number of aryl methyl sites for hydroxylation is 1. The lowest BCUT2D eigenvalue weighted by molar-refractivity contribution is 0.0970. The van der Waals surface area contributed by atoms with Crippen LogP contribution in [-0.4, -0.2) is 26.7 Å². The second-order valence-corrected chi connectivity index (χ2v) is 7.68. The Hall–Kier alpha value is -4.00. The number of carbonyl (C=O) groups excluding carboxylic acids is 1. The maximum absolute atomic E-state index is 13.3. The Bertz CT molecular complexity index is 1200. The predicted octanol–water partition coefficient (Wildman–Crippen LogP) is 5.51. The Labute approximate surface area is 186 Å². The van der Waals surface area contributed by atoms with Crippen LogP contribution in [0.3, 0.4) is 0 Å². The fourth-order valence-electron chi connectivity index (χ4n) is 3.46. The summed E-state index contributed by atoms with van der Waals surface area (Å²) in [6.45, 7) is 5.65. The van der Waals surface area contributed by atoms with Gasteiger partial charge < -0.3 is 10.2 Å². The maximum atomic E-state index is 13.3. The van der Waals surface area contributed by atoms with Gasteiger partial charge in [-0.3, -0.25) is 4.79 Å². The van der Waals surface area contributed by atoms with Crippen LogP contribution in [0, 0.1) is 12.7 Å². The highest BCUT2D eigenvalue weighted by molar-refractivity contribution is 6.04. The highest BCUT2D eigenvalue weighted by atomic mass is 19.1. The van der Waals surface area contributed by atoms with Crippen LogP contribution in [0.2, 0.25) is 0 Å². The van der Waals surface area contributed by atoms with E-state index < -0.39 is 0 Å².